The topological polar surface area (TPSA) is 52.3 Å². The first-order chi connectivity index (χ1) is 17.7. The third-order valence-electron chi connectivity index (χ3n) is 7.13. The first-order valence-electron chi connectivity index (χ1n) is 12.6. The SMILES string of the molecule is COC(=O)c1cccc(CCC2CCCC=C2c2nc(-c3ccccc3)c(-c3ccccc3)o2)c1C. The zero-order valence-corrected chi connectivity index (χ0v) is 20.9. The summed E-state index contributed by atoms with van der Waals surface area (Å²) in [6.45, 7) is 2.01. The second-order valence-corrected chi connectivity index (χ2v) is 9.34. The lowest BCUT2D eigenvalue weighted by molar-refractivity contribution is 0.0599. The Morgan fingerprint density at radius 3 is 2.42 bits per heavy atom. The minimum atomic E-state index is -0.283. The van der Waals surface area contributed by atoms with Gasteiger partial charge in [0.2, 0.25) is 5.89 Å². The Morgan fingerprint density at radius 1 is 0.972 bits per heavy atom. The average Bonchev–Trinajstić information content (AvgIpc) is 3.39. The molecule has 0 N–H and O–H groups in total. The second-order valence-electron chi connectivity index (χ2n) is 9.34. The molecule has 182 valence electrons. The van der Waals surface area contributed by atoms with E-state index in [2.05, 4.69) is 36.4 Å². The monoisotopic (exact) mass is 477 g/mol. The van der Waals surface area contributed by atoms with Gasteiger partial charge in [0.05, 0.1) is 12.7 Å². The molecule has 0 saturated heterocycles. The summed E-state index contributed by atoms with van der Waals surface area (Å²) in [6, 6.07) is 26.3. The molecule has 4 aromatic rings. The van der Waals surface area contributed by atoms with Crippen molar-refractivity contribution in [1.29, 1.82) is 0 Å². The van der Waals surface area contributed by atoms with Crippen molar-refractivity contribution in [3.05, 3.63) is 108 Å². The van der Waals surface area contributed by atoms with Gasteiger partial charge in [-0.2, -0.15) is 0 Å². The summed E-state index contributed by atoms with van der Waals surface area (Å²) in [5.41, 5.74) is 6.98. The molecule has 0 spiro atoms. The normalized spacial score (nSPS) is 15.4. The number of allylic oxidation sites excluding steroid dienone is 2. The van der Waals surface area contributed by atoms with Gasteiger partial charge in [0.25, 0.3) is 0 Å². The minimum absolute atomic E-state index is 0.283. The highest BCUT2D eigenvalue weighted by Gasteiger charge is 2.26. The predicted molar refractivity (Wildman–Crippen MR) is 144 cm³/mol. The van der Waals surface area contributed by atoms with E-state index in [0.717, 1.165) is 66.1 Å². The van der Waals surface area contributed by atoms with Crippen molar-refractivity contribution in [1.82, 2.24) is 4.98 Å². The highest BCUT2D eigenvalue weighted by molar-refractivity contribution is 5.91. The maximum absolute atomic E-state index is 12.1. The van der Waals surface area contributed by atoms with Gasteiger partial charge < -0.3 is 9.15 Å². The van der Waals surface area contributed by atoms with Crippen molar-refractivity contribution >= 4 is 11.5 Å². The van der Waals surface area contributed by atoms with Gasteiger partial charge in [-0.15, -0.1) is 0 Å². The molecule has 1 unspecified atom stereocenters. The van der Waals surface area contributed by atoms with Crippen molar-refractivity contribution in [3.8, 4) is 22.6 Å². The standard InChI is InChI=1S/C32H31NO3/c1-22-23(17-11-19-27(22)32(34)35-2)20-21-24-12-9-10-18-28(24)31-33-29(25-13-5-3-6-14-25)30(36-31)26-15-7-4-8-16-26/h3-8,11,13-19,24H,9-10,12,20-21H2,1-2H3. The number of aromatic nitrogens is 1. The molecule has 0 fully saturated rings. The summed E-state index contributed by atoms with van der Waals surface area (Å²) in [5, 5.41) is 0. The van der Waals surface area contributed by atoms with Gasteiger partial charge in [-0.1, -0.05) is 78.9 Å². The van der Waals surface area contributed by atoms with Gasteiger partial charge in [0.1, 0.15) is 5.69 Å². The van der Waals surface area contributed by atoms with E-state index in [1.165, 1.54) is 18.2 Å². The van der Waals surface area contributed by atoms with E-state index in [-0.39, 0.29) is 5.97 Å². The predicted octanol–water partition coefficient (Wildman–Crippen LogP) is 7.92. The molecule has 4 nitrogen and oxygen atoms in total. The number of carbonyl (C=O) groups excluding carboxylic acids is 1. The zero-order chi connectivity index (χ0) is 24.9. The largest absolute Gasteiger partial charge is 0.465 e. The number of carbonyl (C=O) groups is 1. The molecule has 1 aliphatic carbocycles. The van der Waals surface area contributed by atoms with E-state index in [9.17, 15) is 4.79 Å². The van der Waals surface area contributed by atoms with Gasteiger partial charge in [0, 0.05) is 16.7 Å². The summed E-state index contributed by atoms with van der Waals surface area (Å²) in [5.74, 6) is 1.60. The van der Waals surface area contributed by atoms with Crippen LogP contribution in [0.2, 0.25) is 0 Å². The van der Waals surface area contributed by atoms with Gasteiger partial charge >= 0.3 is 5.97 Å². The third-order valence-corrected chi connectivity index (χ3v) is 7.13. The molecule has 1 aliphatic rings. The zero-order valence-electron chi connectivity index (χ0n) is 20.9. The van der Waals surface area contributed by atoms with Gasteiger partial charge in [-0.25, -0.2) is 9.78 Å². The molecule has 36 heavy (non-hydrogen) atoms. The van der Waals surface area contributed by atoms with Crippen LogP contribution in [0.4, 0.5) is 0 Å². The summed E-state index contributed by atoms with van der Waals surface area (Å²) in [4.78, 5) is 17.2. The fourth-order valence-electron chi connectivity index (χ4n) is 5.14. The Morgan fingerprint density at radius 2 is 1.69 bits per heavy atom. The molecule has 0 radical (unpaired) electrons. The Balaban J connectivity index is 1.45. The summed E-state index contributed by atoms with van der Waals surface area (Å²) in [7, 11) is 1.43. The molecule has 0 amide bonds. The van der Waals surface area contributed by atoms with Gasteiger partial charge in [-0.05, 0) is 62.1 Å². The maximum atomic E-state index is 12.1. The van der Waals surface area contributed by atoms with Crippen LogP contribution in [0, 0.1) is 12.8 Å². The smallest absolute Gasteiger partial charge is 0.338 e. The van der Waals surface area contributed by atoms with E-state index in [0.29, 0.717) is 11.5 Å². The summed E-state index contributed by atoms with van der Waals surface area (Å²) >= 11 is 0. The summed E-state index contributed by atoms with van der Waals surface area (Å²) in [6.07, 6.45) is 7.46. The number of methoxy groups -OCH3 is 1. The highest BCUT2D eigenvalue weighted by atomic mass is 16.5. The van der Waals surface area contributed by atoms with Gasteiger partial charge in [-0.3, -0.25) is 0 Å². The quantitative estimate of drug-likeness (QED) is 0.254. The van der Waals surface area contributed by atoms with Crippen LogP contribution in [0.25, 0.3) is 28.2 Å². The fourth-order valence-corrected chi connectivity index (χ4v) is 5.14. The number of hydrogen-bond acceptors (Lipinski definition) is 4. The van der Waals surface area contributed by atoms with Crippen LogP contribution >= 0.6 is 0 Å². The number of nitrogens with zero attached hydrogens (tertiary/aromatic N) is 1. The van der Waals surface area contributed by atoms with Crippen LogP contribution in [0.5, 0.6) is 0 Å². The molecule has 1 atom stereocenters. The number of esters is 1. The van der Waals surface area contributed by atoms with Crippen molar-refractivity contribution < 1.29 is 13.9 Å². The molecule has 1 aromatic heterocycles. The van der Waals surface area contributed by atoms with Crippen molar-refractivity contribution in [3.63, 3.8) is 0 Å². The van der Waals surface area contributed by atoms with Crippen LogP contribution in [0.3, 0.4) is 0 Å². The first-order valence-corrected chi connectivity index (χ1v) is 12.6. The lowest BCUT2D eigenvalue weighted by atomic mass is 9.83. The van der Waals surface area contributed by atoms with E-state index in [1.807, 2.05) is 55.5 Å². The van der Waals surface area contributed by atoms with E-state index in [1.54, 1.807) is 0 Å². The van der Waals surface area contributed by atoms with Gasteiger partial charge in [0.15, 0.2) is 5.76 Å². The van der Waals surface area contributed by atoms with E-state index in [4.69, 9.17) is 14.1 Å². The van der Waals surface area contributed by atoms with Crippen LogP contribution in [0.15, 0.2) is 89.4 Å². The molecule has 0 bridgehead atoms. The van der Waals surface area contributed by atoms with Crippen molar-refractivity contribution in [2.45, 2.75) is 39.0 Å². The number of ether oxygens (including phenoxy) is 1. The highest BCUT2D eigenvalue weighted by Crippen LogP contribution is 2.40. The Labute approximate surface area is 212 Å². The number of hydrogen-bond donors (Lipinski definition) is 0. The first kappa shape index (κ1) is 23.8. The average molecular weight is 478 g/mol. The van der Waals surface area contributed by atoms with Crippen molar-refractivity contribution in [2.24, 2.45) is 5.92 Å². The molecular weight excluding hydrogens is 446 g/mol. The molecule has 1 heterocycles. The van der Waals surface area contributed by atoms with Crippen LogP contribution < -0.4 is 0 Å². The molecule has 5 rings (SSSR count). The fraction of sp³-hybridized carbons (Fsp3) is 0.250. The summed E-state index contributed by atoms with van der Waals surface area (Å²) < 4.78 is 11.5. The molecule has 0 aliphatic heterocycles. The second kappa shape index (κ2) is 10.8. The molecule has 4 heteroatoms. The van der Waals surface area contributed by atoms with Crippen LogP contribution in [-0.2, 0) is 11.2 Å². The molecule has 3 aromatic carbocycles. The lowest BCUT2D eigenvalue weighted by Crippen LogP contribution is -2.11. The van der Waals surface area contributed by atoms with Crippen LogP contribution in [0.1, 0.15) is 53.1 Å². The maximum Gasteiger partial charge on any atom is 0.338 e. The van der Waals surface area contributed by atoms with Crippen molar-refractivity contribution in [2.75, 3.05) is 7.11 Å². The molecule has 0 saturated carbocycles. The van der Waals surface area contributed by atoms with Crippen LogP contribution in [-0.4, -0.2) is 18.1 Å². The Bertz CT molecular complexity index is 1310. The Hall–Kier alpha value is -3.92. The lowest BCUT2D eigenvalue weighted by Gasteiger charge is -2.23. The number of oxazole rings is 1. The number of benzene rings is 3. The Kier molecular flexibility index (Phi) is 7.13. The minimum Gasteiger partial charge on any atom is -0.465 e. The molecular formula is C32H31NO3. The third kappa shape index (κ3) is 4.90. The number of rotatable bonds is 7. The number of aryl methyl sites for hydroxylation is 1. The van der Waals surface area contributed by atoms with E-state index < -0.39 is 0 Å². The van der Waals surface area contributed by atoms with E-state index >= 15 is 0 Å².